The quantitative estimate of drug-likeness (QED) is 0.249. The lowest BCUT2D eigenvalue weighted by Crippen LogP contribution is -2.56. The fourth-order valence-electron chi connectivity index (χ4n) is 3.69. The van der Waals surface area contributed by atoms with E-state index in [1.165, 1.54) is 14.2 Å². The molecule has 0 unspecified atom stereocenters. The lowest BCUT2D eigenvalue weighted by atomic mass is 10.00. The van der Waals surface area contributed by atoms with Crippen molar-refractivity contribution in [3.05, 3.63) is 26.8 Å². The number of carbonyl (C=O) groups is 4. The van der Waals surface area contributed by atoms with Gasteiger partial charge in [0.1, 0.15) is 30.0 Å². The van der Waals surface area contributed by atoms with E-state index in [-0.39, 0.29) is 25.6 Å². The molecule has 0 saturated carbocycles. The second-order valence-electron chi connectivity index (χ2n) is 10.3. The van der Waals surface area contributed by atoms with E-state index in [9.17, 15) is 19.2 Å². The van der Waals surface area contributed by atoms with Crippen LogP contribution < -0.4 is 20.7 Å². The van der Waals surface area contributed by atoms with E-state index in [0.29, 0.717) is 20.4 Å². The summed E-state index contributed by atoms with van der Waals surface area (Å²) >= 11 is 2.06. The van der Waals surface area contributed by atoms with Gasteiger partial charge in [-0.2, -0.15) is 0 Å². The first-order valence-corrected chi connectivity index (χ1v) is 13.5. The molecule has 39 heavy (non-hydrogen) atoms. The van der Waals surface area contributed by atoms with Gasteiger partial charge in [0.25, 0.3) is 0 Å². The van der Waals surface area contributed by atoms with E-state index < -0.39 is 47.6 Å². The molecular formula is C27H36IN3O8. The summed E-state index contributed by atoms with van der Waals surface area (Å²) in [7, 11) is 2.72. The van der Waals surface area contributed by atoms with Gasteiger partial charge < -0.3 is 34.9 Å². The number of carbonyl (C=O) groups excluding carboxylic acids is 4. The molecule has 0 radical (unpaired) electrons. The number of hydrogen-bond acceptors (Lipinski definition) is 8. The number of esters is 1. The van der Waals surface area contributed by atoms with Gasteiger partial charge in [0.2, 0.25) is 11.8 Å². The van der Waals surface area contributed by atoms with Gasteiger partial charge in [-0.05, 0) is 73.4 Å². The average molecular weight is 658 g/mol. The van der Waals surface area contributed by atoms with Crippen molar-refractivity contribution in [1.82, 2.24) is 16.0 Å². The highest BCUT2D eigenvalue weighted by Gasteiger charge is 2.32. The van der Waals surface area contributed by atoms with Gasteiger partial charge in [0.15, 0.2) is 6.04 Å². The molecule has 1 aromatic carbocycles. The van der Waals surface area contributed by atoms with E-state index in [4.69, 9.17) is 18.9 Å². The maximum atomic E-state index is 13.5. The Morgan fingerprint density at radius 3 is 2.46 bits per heavy atom. The predicted octanol–water partition coefficient (Wildman–Crippen LogP) is 2.44. The molecule has 0 saturated heterocycles. The molecule has 1 aliphatic heterocycles. The predicted molar refractivity (Wildman–Crippen MR) is 151 cm³/mol. The molecule has 3 amide bonds. The van der Waals surface area contributed by atoms with Crippen molar-refractivity contribution in [2.24, 2.45) is 5.92 Å². The second-order valence-corrected chi connectivity index (χ2v) is 11.4. The normalized spacial score (nSPS) is 20.3. The third-order valence-corrected chi connectivity index (χ3v) is 6.16. The lowest BCUT2D eigenvalue weighted by Gasteiger charge is -2.27. The number of fused-ring (bicyclic) bond motifs is 2. The highest BCUT2D eigenvalue weighted by atomic mass is 127. The van der Waals surface area contributed by atoms with Crippen LogP contribution in [-0.2, 0) is 28.6 Å². The number of benzene rings is 1. The van der Waals surface area contributed by atoms with Crippen LogP contribution in [0.3, 0.4) is 0 Å². The fraction of sp³-hybridized carbons (Fsp3) is 0.556. The van der Waals surface area contributed by atoms with Crippen LogP contribution in [0.2, 0.25) is 0 Å². The Hall–Kier alpha value is -3.05. The zero-order valence-corrected chi connectivity index (χ0v) is 25.4. The van der Waals surface area contributed by atoms with E-state index in [2.05, 4.69) is 50.4 Å². The van der Waals surface area contributed by atoms with Gasteiger partial charge in [0.05, 0.1) is 30.0 Å². The molecule has 1 aliphatic rings. The molecular weight excluding hydrogens is 621 g/mol. The first-order valence-electron chi connectivity index (χ1n) is 12.4. The van der Waals surface area contributed by atoms with Crippen LogP contribution in [0.15, 0.2) is 12.1 Å². The SMILES string of the molecule is COC(=O)[C@H]1NC(=O)[C@@H](CC(C)C)NC(=O)[C@@H](NC(=O)OC(C)(C)C)COCC#Cc2cc1cc(I)c2OC. The van der Waals surface area contributed by atoms with Crippen LogP contribution in [0.4, 0.5) is 4.79 Å². The number of rotatable bonds is 5. The molecule has 11 nitrogen and oxygen atoms in total. The van der Waals surface area contributed by atoms with Gasteiger partial charge in [-0.15, -0.1) is 0 Å². The minimum absolute atomic E-state index is 0.00941. The van der Waals surface area contributed by atoms with Crippen LogP contribution in [0.5, 0.6) is 5.75 Å². The third kappa shape index (κ3) is 9.89. The van der Waals surface area contributed by atoms with Crippen LogP contribution in [0.25, 0.3) is 0 Å². The van der Waals surface area contributed by atoms with Crippen molar-refractivity contribution in [3.8, 4) is 17.6 Å². The number of nitrogens with one attached hydrogen (secondary N) is 3. The van der Waals surface area contributed by atoms with E-state index in [0.717, 1.165) is 0 Å². The molecule has 0 aliphatic carbocycles. The summed E-state index contributed by atoms with van der Waals surface area (Å²) in [6.45, 7) is 8.57. The maximum Gasteiger partial charge on any atom is 0.408 e. The summed E-state index contributed by atoms with van der Waals surface area (Å²) < 4.78 is 22.0. The molecule has 2 bridgehead atoms. The van der Waals surface area contributed by atoms with Gasteiger partial charge >= 0.3 is 12.1 Å². The van der Waals surface area contributed by atoms with Crippen LogP contribution in [0.1, 0.15) is 58.2 Å². The summed E-state index contributed by atoms with van der Waals surface area (Å²) in [4.78, 5) is 51.9. The smallest absolute Gasteiger partial charge is 0.408 e. The third-order valence-electron chi connectivity index (χ3n) is 5.36. The van der Waals surface area contributed by atoms with Gasteiger partial charge in [0, 0.05) is 0 Å². The lowest BCUT2D eigenvalue weighted by molar-refractivity contribution is -0.145. The number of methoxy groups -OCH3 is 2. The topological polar surface area (TPSA) is 141 Å². The molecule has 214 valence electrons. The Balaban J connectivity index is 2.54. The zero-order chi connectivity index (χ0) is 29.3. The number of hydrogen-bond donors (Lipinski definition) is 3. The Kier molecular flexibility index (Phi) is 11.8. The summed E-state index contributed by atoms with van der Waals surface area (Å²) in [5.41, 5.74) is 0.108. The number of alkyl carbamates (subject to hydrolysis) is 1. The number of ether oxygens (including phenoxy) is 4. The van der Waals surface area contributed by atoms with Gasteiger partial charge in [-0.3, -0.25) is 9.59 Å². The average Bonchev–Trinajstić information content (AvgIpc) is 2.83. The number of halogens is 1. The zero-order valence-electron chi connectivity index (χ0n) is 23.2. The minimum Gasteiger partial charge on any atom is -0.494 e. The molecule has 3 atom stereocenters. The molecule has 0 spiro atoms. The minimum atomic E-state index is -1.18. The van der Waals surface area contributed by atoms with Crippen molar-refractivity contribution < 1.29 is 38.1 Å². The molecule has 12 heteroatoms. The van der Waals surface area contributed by atoms with Gasteiger partial charge in [-0.1, -0.05) is 25.7 Å². The largest absolute Gasteiger partial charge is 0.494 e. The van der Waals surface area contributed by atoms with Gasteiger partial charge in [-0.25, -0.2) is 9.59 Å². The standard InChI is InChI=1S/C27H36IN3O8/c1-15(2)11-19-23(32)31-21(25(34)37-7)17-12-16(22(36-6)18(28)13-17)9-8-10-38-14-20(24(33)29-19)30-26(35)39-27(3,4)5/h12-13,15,19-21H,10-11,14H2,1-7H3,(H,29,33)(H,30,35)(H,31,32)/t19-,20+,21+/m1/s1. The summed E-state index contributed by atoms with van der Waals surface area (Å²) in [6, 6.07) is -0.0463. The molecule has 0 aromatic heterocycles. The first kappa shape index (κ1) is 32.2. The van der Waals surface area contributed by atoms with Crippen LogP contribution in [-0.4, -0.2) is 69.0 Å². The van der Waals surface area contributed by atoms with E-state index in [1.54, 1.807) is 32.9 Å². The second kappa shape index (κ2) is 14.4. The van der Waals surface area contributed by atoms with E-state index >= 15 is 0 Å². The fourth-order valence-corrected chi connectivity index (χ4v) is 4.56. The maximum absolute atomic E-state index is 13.5. The van der Waals surface area contributed by atoms with E-state index in [1.807, 2.05) is 13.8 Å². The van der Waals surface area contributed by atoms with Crippen LogP contribution in [0, 0.1) is 21.3 Å². The molecule has 3 N–H and O–H groups in total. The van der Waals surface area contributed by atoms with Crippen molar-refractivity contribution in [2.75, 3.05) is 27.4 Å². The van der Waals surface area contributed by atoms with Crippen molar-refractivity contribution in [2.45, 2.75) is 64.8 Å². The monoisotopic (exact) mass is 657 g/mol. The van der Waals surface area contributed by atoms with Crippen LogP contribution >= 0.6 is 22.6 Å². The van der Waals surface area contributed by atoms with Crippen molar-refractivity contribution in [1.29, 1.82) is 0 Å². The summed E-state index contributed by atoms with van der Waals surface area (Å²) in [5.74, 6) is 4.36. The van der Waals surface area contributed by atoms with Crippen molar-refractivity contribution in [3.63, 3.8) is 0 Å². The molecule has 0 fully saturated rings. The Bertz CT molecular complexity index is 1140. The summed E-state index contributed by atoms with van der Waals surface area (Å²) in [6.07, 6.45) is -0.554. The Morgan fingerprint density at radius 2 is 1.87 bits per heavy atom. The highest BCUT2D eigenvalue weighted by Crippen LogP contribution is 2.30. The Labute approximate surface area is 242 Å². The first-order chi connectivity index (χ1) is 18.2. The molecule has 1 heterocycles. The van der Waals surface area contributed by atoms with Crippen molar-refractivity contribution >= 4 is 46.5 Å². The summed E-state index contributed by atoms with van der Waals surface area (Å²) in [5, 5.41) is 7.90. The molecule has 2 rings (SSSR count). The molecule has 1 aromatic rings. The Morgan fingerprint density at radius 1 is 1.18 bits per heavy atom. The number of amides is 3. The highest BCUT2D eigenvalue weighted by molar-refractivity contribution is 14.1.